The van der Waals surface area contributed by atoms with E-state index < -0.39 is 12.1 Å². The molecule has 0 bridgehead atoms. The minimum atomic E-state index is -0.852. The second kappa shape index (κ2) is 6.44. The number of carboxylic acid groups (broad SMARTS) is 1. The van der Waals surface area contributed by atoms with Crippen LogP contribution in [-0.2, 0) is 14.3 Å². The maximum Gasteiger partial charge on any atom is 0.303 e. The van der Waals surface area contributed by atoms with Crippen LogP contribution in [0.4, 0.5) is 0 Å². The van der Waals surface area contributed by atoms with Gasteiger partial charge in [-0.25, -0.2) is 0 Å². The van der Waals surface area contributed by atoms with Crippen molar-refractivity contribution in [1.29, 1.82) is 0 Å². The molecule has 0 aromatic rings. The van der Waals surface area contributed by atoms with E-state index in [0.717, 1.165) is 6.42 Å². The Labute approximate surface area is 94.1 Å². The number of carbonyl (C=O) groups is 2. The van der Waals surface area contributed by atoms with E-state index >= 15 is 0 Å². The average Bonchev–Trinajstić information content (AvgIpc) is 2.72. The summed E-state index contributed by atoms with van der Waals surface area (Å²) in [5.41, 5.74) is 5.43. The lowest BCUT2D eigenvalue weighted by atomic mass is 10.2. The van der Waals surface area contributed by atoms with Crippen LogP contribution in [0, 0.1) is 0 Å². The Balaban J connectivity index is 2.13. The van der Waals surface area contributed by atoms with Gasteiger partial charge in [0.25, 0.3) is 0 Å². The SMILES string of the molecule is NCC1CCC(C(=O)NCCCC(=O)O)O1. The van der Waals surface area contributed by atoms with E-state index in [0.29, 0.717) is 25.9 Å². The summed E-state index contributed by atoms with van der Waals surface area (Å²) in [7, 11) is 0. The summed E-state index contributed by atoms with van der Waals surface area (Å²) in [6.45, 7) is 0.807. The van der Waals surface area contributed by atoms with Crippen LogP contribution >= 0.6 is 0 Å². The maximum absolute atomic E-state index is 11.5. The molecule has 1 amide bonds. The molecule has 2 atom stereocenters. The zero-order valence-corrected chi connectivity index (χ0v) is 9.15. The van der Waals surface area contributed by atoms with E-state index in [4.69, 9.17) is 15.6 Å². The molecule has 92 valence electrons. The van der Waals surface area contributed by atoms with E-state index in [2.05, 4.69) is 5.32 Å². The molecule has 1 fully saturated rings. The zero-order valence-electron chi connectivity index (χ0n) is 9.15. The van der Waals surface area contributed by atoms with Gasteiger partial charge in [-0.3, -0.25) is 9.59 Å². The Bertz CT molecular complexity index is 257. The van der Waals surface area contributed by atoms with Crippen LogP contribution in [0.1, 0.15) is 25.7 Å². The molecule has 0 radical (unpaired) electrons. The molecule has 6 nitrogen and oxygen atoms in total. The van der Waals surface area contributed by atoms with Crippen molar-refractivity contribution in [3.05, 3.63) is 0 Å². The standard InChI is InChI=1S/C10H18N2O4/c11-6-7-3-4-8(16-7)10(15)12-5-1-2-9(13)14/h7-8H,1-6,11H2,(H,12,15)(H,13,14). The second-order valence-electron chi connectivity index (χ2n) is 3.85. The lowest BCUT2D eigenvalue weighted by Crippen LogP contribution is -2.36. The number of amides is 1. The first-order valence-electron chi connectivity index (χ1n) is 5.48. The normalized spacial score (nSPS) is 24.3. The molecule has 1 aliphatic rings. The van der Waals surface area contributed by atoms with Crippen molar-refractivity contribution in [2.75, 3.05) is 13.1 Å². The number of aliphatic carboxylic acids is 1. The summed E-state index contributed by atoms with van der Waals surface area (Å²) in [5, 5.41) is 11.1. The fourth-order valence-electron chi connectivity index (χ4n) is 1.64. The Morgan fingerprint density at radius 1 is 1.44 bits per heavy atom. The van der Waals surface area contributed by atoms with E-state index in [1.807, 2.05) is 0 Å². The highest BCUT2D eigenvalue weighted by atomic mass is 16.5. The number of hydrogen-bond donors (Lipinski definition) is 3. The number of carbonyl (C=O) groups excluding carboxylic acids is 1. The van der Waals surface area contributed by atoms with Crippen molar-refractivity contribution >= 4 is 11.9 Å². The molecule has 6 heteroatoms. The number of rotatable bonds is 6. The molecule has 0 aliphatic carbocycles. The number of hydrogen-bond acceptors (Lipinski definition) is 4. The highest BCUT2D eigenvalue weighted by molar-refractivity contribution is 5.81. The Morgan fingerprint density at radius 3 is 2.75 bits per heavy atom. The fraction of sp³-hybridized carbons (Fsp3) is 0.800. The molecule has 1 saturated heterocycles. The van der Waals surface area contributed by atoms with Gasteiger partial charge in [0.15, 0.2) is 0 Å². The fourth-order valence-corrected chi connectivity index (χ4v) is 1.64. The lowest BCUT2D eigenvalue weighted by Gasteiger charge is -2.12. The average molecular weight is 230 g/mol. The summed E-state index contributed by atoms with van der Waals surface area (Å²) in [6.07, 6.45) is 1.56. The van der Waals surface area contributed by atoms with Crippen molar-refractivity contribution in [1.82, 2.24) is 5.32 Å². The topological polar surface area (TPSA) is 102 Å². The third kappa shape index (κ3) is 4.16. The van der Waals surface area contributed by atoms with Crippen LogP contribution in [0.15, 0.2) is 0 Å². The van der Waals surface area contributed by atoms with Gasteiger partial charge in [0.05, 0.1) is 6.10 Å². The summed E-state index contributed by atoms with van der Waals surface area (Å²) >= 11 is 0. The van der Waals surface area contributed by atoms with Crippen LogP contribution < -0.4 is 11.1 Å². The largest absolute Gasteiger partial charge is 0.481 e. The highest BCUT2D eigenvalue weighted by Crippen LogP contribution is 2.18. The Morgan fingerprint density at radius 2 is 2.19 bits per heavy atom. The van der Waals surface area contributed by atoms with Crippen molar-refractivity contribution in [2.45, 2.75) is 37.9 Å². The Hall–Kier alpha value is -1.14. The summed E-state index contributed by atoms with van der Waals surface area (Å²) < 4.78 is 5.40. The van der Waals surface area contributed by atoms with Crippen LogP contribution in [0.5, 0.6) is 0 Å². The molecule has 0 aromatic heterocycles. The van der Waals surface area contributed by atoms with Gasteiger partial charge in [-0.1, -0.05) is 0 Å². The monoisotopic (exact) mass is 230 g/mol. The molecule has 4 N–H and O–H groups in total. The summed E-state index contributed by atoms with van der Waals surface area (Å²) in [4.78, 5) is 21.8. The quantitative estimate of drug-likeness (QED) is 0.533. The minimum Gasteiger partial charge on any atom is -0.481 e. The molecule has 0 spiro atoms. The van der Waals surface area contributed by atoms with Gasteiger partial charge in [-0.2, -0.15) is 0 Å². The Kier molecular flexibility index (Phi) is 5.21. The molecular formula is C10H18N2O4. The van der Waals surface area contributed by atoms with Gasteiger partial charge >= 0.3 is 5.97 Å². The van der Waals surface area contributed by atoms with Crippen molar-refractivity contribution in [2.24, 2.45) is 5.73 Å². The van der Waals surface area contributed by atoms with Crippen LogP contribution in [0.3, 0.4) is 0 Å². The molecule has 1 aliphatic heterocycles. The van der Waals surface area contributed by atoms with Gasteiger partial charge in [-0.05, 0) is 19.3 Å². The van der Waals surface area contributed by atoms with Crippen LogP contribution in [-0.4, -0.2) is 42.3 Å². The van der Waals surface area contributed by atoms with Gasteiger partial charge in [0.1, 0.15) is 6.10 Å². The number of nitrogens with one attached hydrogen (secondary N) is 1. The van der Waals surface area contributed by atoms with Gasteiger partial charge in [-0.15, -0.1) is 0 Å². The zero-order chi connectivity index (χ0) is 12.0. The summed E-state index contributed by atoms with van der Waals surface area (Å²) in [6, 6.07) is 0. The molecule has 1 rings (SSSR count). The van der Waals surface area contributed by atoms with E-state index in [1.165, 1.54) is 0 Å². The lowest BCUT2D eigenvalue weighted by molar-refractivity contribution is -0.137. The van der Waals surface area contributed by atoms with Crippen LogP contribution in [0.25, 0.3) is 0 Å². The highest BCUT2D eigenvalue weighted by Gasteiger charge is 2.29. The molecule has 0 saturated carbocycles. The molecule has 16 heavy (non-hydrogen) atoms. The van der Waals surface area contributed by atoms with Gasteiger partial charge in [0, 0.05) is 19.5 Å². The molecule has 0 aromatic carbocycles. The minimum absolute atomic E-state index is 0.0187. The first-order chi connectivity index (χ1) is 7.63. The third-order valence-corrected chi connectivity index (χ3v) is 2.53. The van der Waals surface area contributed by atoms with E-state index in [-0.39, 0.29) is 18.4 Å². The first-order valence-corrected chi connectivity index (χ1v) is 5.48. The molecule has 1 heterocycles. The predicted octanol–water partition coefficient (Wildman–Crippen LogP) is -0.526. The van der Waals surface area contributed by atoms with Gasteiger partial charge in [0.2, 0.25) is 5.91 Å². The third-order valence-electron chi connectivity index (χ3n) is 2.53. The molecule has 2 unspecified atom stereocenters. The van der Waals surface area contributed by atoms with Crippen molar-refractivity contribution in [3.63, 3.8) is 0 Å². The maximum atomic E-state index is 11.5. The second-order valence-corrected chi connectivity index (χ2v) is 3.85. The van der Waals surface area contributed by atoms with Gasteiger partial charge < -0.3 is 20.9 Å². The predicted molar refractivity (Wildman–Crippen MR) is 56.8 cm³/mol. The number of nitrogens with two attached hydrogens (primary N) is 1. The first kappa shape index (κ1) is 12.9. The number of ether oxygens (including phenoxy) is 1. The van der Waals surface area contributed by atoms with Crippen molar-refractivity contribution in [3.8, 4) is 0 Å². The number of carboxylic acids is 1. The smallest absolute Gasteiger partial charge is 0.303 e. The van der Waals surface area contributed by atoms with Crippen molar-refractivity contribution < 1.29 is 19.4 Å². The van der Waals surface area contributed by atoms with E-state index in [9.17, 15) is 9.59 Å². The molecular weight excluding hydrogens is 212 g/mol. The van der Waals surface area contributed by atoms with E-state index in [1.54, 1.807) is 0 Å². The summed E-state index contributed by atoms with van der Waals surface area (Å²) in [5.74, 6) is -1.02. The van der Waals surface area contributed by atoms with Crippen LogP contribution in [0.2, 0.25) is 0 Å².